The number of nitrogens with zero attached hydrogens (tertiary/aromatic N) is 5. The highest BCUT2D eigenvalue weighted by Crippen LogP contribution is 2.31. The van der Waals surface area contributed by atoms with Crippen LogP contribution in [0.15, 0.2) is 55.5 Å². The maximum absolute atomic E-state index is 4.98. The Hall–Kier alpha value is -3.74. The first-order valence-corrected chi connectivity index (χ1v) is 10.6. The topological polar surface area (TPSA) is 86.4 Å². The van der Waals surface area contributed by atoms with E-state index in [1.54, 1.807) is 18.6 Å². The molecule has 7 heteroatoms. The summed E-state index contributed by atoms with van der Waals surface area (Å²) >= 11 is 0. The Morgan fingerprint density at radius 2 is 2.03 bits per heavy atom. The molecule has 1 aromatic carbocycles. The predicted octanol–water partition coefficient (Wildman–Crippen LogP) is 4.73. The summed E-state index contributed by atoms with van der Waals surface area (Å²) in [6.45, 7) is 8.08. The molecule has 1 aliphatic rings. The lowest BCUT2D eigenvalue weighted by Gasteiger charge is -2.30. The van der Waals surface area contributed by atoms with Crippen LogP contribution in [0.5, 0.6) is 0 Å². The lowest BCUT2D eigenvalue weighted by molar-refractivity contribution is 0.325. The van der Waals surface area contributed by atoms with Gasteiger partial charge in [0.2, 0.25) is 0 Å². The van der Waals surface area contributed by atoms with E-state index in [1.165, 1.54) is 19.3 Å². The van der Waals surface area contributed by atoms with Gasteiger partial charge < -0.3 is 9.88 Å². The van der Waals surface area contributed by atoms with Crippen molar-refractivity contribution in [3.8, 4) is 22.8 Å². The highest BCUT2D eigenvalue weighted by atomic mass is 15.2. The van der Waals surface area contributed by atoms with E-state index in [2.05, 4.69) is 55.7 Å². The third-order valence-corrected chi connectivity index (χ3v) is 5.75. The summed E-state index contributed by atoms with van der Waals surface area (Å²) < 4.78 is 0. The first kappa shape index (κ1) is 19.2. The van der Waals surface area contributed by atoms with Crippen LogP contribution in [0.1, 0.15) is 30.7 Å². The minimum atomic E-state index is 0.752. The number of rotatable bonds is 5. The van der Waals surface area contributed by atoms with Crippen molar-refractivity contribution in [2.24, 2.45) is 0 Å². The molecule has 1 fully saturated rings. The fourth-order valence-corrected chi connectivity index (χ4v) is 4.20. The molecule has 2 N–H and O–H groups in total. The Labute approximate surface area is 181 Å². The van der Waals surface area contributed by atoms with E-state index in [9.17, 15) is 0 Å². The molecule has 31 heavy (non-hydrogen) atoms. The van der Waals surface area contributed by atoms with Gasteiger partial charge in [0.25, 0.3) is 0 Å². The van der Waals surface area contributed by atoms with E-state index in [-0.39, 0.29) is 0 Å². The zero-order valence-electron chi connectivity index (χ0n) is 17.6. The number of hydrogen-bond donors (Lipinski definition) is 2. The van der Waals surface area contributed by atoms with Crippen molar-refractivity contribution in [2.45, 2.75) is 26.2 Å². The number of H-pyrrole nitrogens is 2. The summed E-state index contributed by atoms with van der Waals surface area (Å²) in [5, 5.41) is 8.69. The van der Waals surface area contributed by atoms with Gasteiger partial charge in [-0.25, -0.2) is 4.98 Å². The minimum absolute atomic E-state index is 0.752. The third kappa shape index (κ3) is 3.63. The van der Waals surface area contributed by atoms with E-state index in [0.717, 1.165) is 63.9 Å². The molecule has 0 unspecified atom stereocenters. The number of aromatic nitrogens is 6. The van der Waals surface area contributed by atoms with Gasteiger partial charge in [0.15, 0.2) is 5.82 Å². The molecular weight excluding hydrogens is 386 g/mol. The van der Waals surface area contributed by atoms with Gasteiger partial charge in [-0.15, -0.1) is 0 Å². The Morgan fingerprint density at radius 3 is 2.81 bits per heavy atom. The van der Waals surface area contributed by atoms with Crippen LogP contribution in [0.2, 0.25) is 0 Å². The molecule has 0 spiro atoms. The molecule has 1 saturated heterocycles. The number of nitrogens with one attached hydrogen (secondary N) is 2. The third-order valence-electron chi connectivity index (χ3n) is 5.75. The first-order chi connectivity index (χ1) is 15.2. The molecule has 156 valence electrons. The summed E-state index contributed by atoms with van der Waals surface area (Å²) in [6, 6.07) is 6.12. The summed E-state index contributed by atoms with van der Waals surface area (Å²) in [5.74, 6) is 0.752. The van der Waals surface area contributed by atoms with Crippen LogP contribution >= 0.6 is 0 Å². The van der Waals surface area contributed by atoms with Crippen LogP contribution in [-0.4, -0.2) is 48.1 Å². The second kappa shape index (κ2) is 8.18. The van der Waals surface area contributed by atoms with Crippen LogP contribution in [0.4, 0.5) is 0 Å². The number of imidazole rings is 1. The van der Waals surface area contributed by atoms with E-state index < -0.39 is 0 Å². The van der Waals surface area contributed by atoms with Crippen LogP contribution in [-0.2, 0) is 0 Å². The molecular formula is C24H25N7. The number of likely N-dealkylation sites (tertiary alicyclic amines) is 1. The number of aromatic amines is 2. The molecule has 1 aliphatic heterocycles. The summed E-state index contributed by atoms with van der Waals surface area (Å²) in [4.78, 5) is 19.4. The molecule has 4 aromatic rings. The van der Waals surface area contributed by atoms with Gasteiger partial charge in [0.05, 0.1) is 23.1 Å². The Bertz CT molecular complexity index is 1240. The van der Waals surface area contributed by atoms with Crippen LogP contribution < -0.4 is 0 Å². The van der Waals surface area contributed by atoms with Gasteiger partial charge in [0.1, 0.15) is 11.4 Å². The second-order valence-corrected chi connectivity index (χ2v) is 7.82. The van der Waals surface area contributed by atoms with Crippen molar-refractivity contribution in [2.75, 3.05) is 13.1 Å². The molecule has 0 saturated carbocycles. The van der Waals surface area contributed by atoms with E-state index in [0.29, 0.717) is 0 Å². The van der Waals surface area contributed by atoms with Gasteiger partial charge >= 0.3 is 0 Å². The quantitative estimate of drug-likeness (QED) is 0.464. The molecule has 3 aromatic heterocycles. The summed E-state index contributed by atoms with van der Waals surface area (Å²) in [5.41, 5.74) is 6.67. The van der Waals surface area contributed by atoms with Gasteiger partial charge in [0, 0.05) is 42.1 Å². The molecule has 5 rings (SSSR count). The number of fused-ring (bicyclic) bond motifs is 1. The predicted molar refractivity (Wildman–Crippen MR) is 123 cm³/mol. The maximum Gasteiger partial charge on any atom is 0.159 e. The van der Waals surface area contributed by atoms with Crippen molar-refractivity contribution >= 4 is 16.6 Å². The average molecular weight is 412 g/mol. The summed E-state index contributed by atoms with van der Waals surface area (Å²) in [7, 11) is 0. The van der Waals surface area contributed by atoms with Gasteiger partial charge in [-0.2, -0.15) is 5.10 Å². The molecule has 0 atom stereocenters. The van der Waals surface area contributed by atoms with E-state index >= 15 is 0 Å². The lowest BCUT2D eigenvalue weighted by Crippen LogP contribution is -2.28. The Kier molecular flexibility index (Phi) is 5.08. The van der Waals surface area contributed by atoms with Gasteiger partial charge in [-0.05, 0) is 44.4 Å². The normalized spacial score (nSPS) is 14.9. The highest BCUT2D eigenvalue weighted by molar-refractivity contribution is 5.94. The SMILES string of the molecule is C=C/C=C(\c1nc(-c2n[nH]c3ccc(-c4cnccn4)cc23)[nH]c1C)N1CCCCC1. The van der Waals surface area contributed by atoms with E-state index in [1.807, 2.05) is 18.2 Å². The van der Waals surface area contributed by atoms with E-state index in [4.69, 9.17) is 4.98 Å². The molecule has 0 radical (unpaired) electrons. The van der Waals surface area contributed by atoms with Crippen molar-refractivity contribution in [3.63, 3.8) is 0 Å². The maximum atomic E-state index is 4.98. The van der Waals surface area contributed by atoms with Crippen molar-refractivity contribution in [3.05, 3.63) is 66.9 Å². The van der Waals surface area contributed by atoms with Gasteiger partial charge in [-0.3, -0.25) is 15.1 Å². The second-order valence-electron chi connectivity index (χ2n) is 7.82. The zero-order chi connectivity index (χ0) is 21.2. The molecule has 7 nitrogen and oxygen atoms in total. The van der Waals surface area contributed by atoms with Crippen LogP contribution in [0.25, 0.3) is 39.4 Å². The average Bonchev–Trinajstić information content (AvgIpc) is 3.41. The van der Waals surface area contributed by atoms with Crippen molar-refractivity contribution in [1.29, 1.82) is 0 Å². The first-order valence-electron chi connectivity index (χ1n) is 10.6. The number of aryl methyl sites for hydroxylation is 1. The molecule has 4 heterocycles. The molecule has 0 aliphatic carbocycles. The fraction of sp³-hybridized carbons (Fsp3) is 0.250. The monoisotopic (exact) mass is 411 g/mol. The van der Waals surface area contributed by atoms with Crippen molar-refractivity contribution in [1.82, 2.24) is 35.0 Å². The molecule has 0 amide bonds. The molecule has 0 bridgehead atoms. The Morgan fingerprint density at radius 1 is 1.16 bits per heavy atom. The summed E-state index contributed by atoms with van der Waals surface area (Å²) in [6.07, 6.45) is 12.8. The number of hydrogen-bond acceptors (Lipinski definition) is 5. The van der Waals surface area contributed by atoms with Crippen LogP contribution in [0, 0.1) is 6.92 Å². The minimum Gasteiger partial charge on any atom is -0.370 e. The van der Waals surface area contributed by atoms with Crippen molar-refractivity contribution < 1.29 is 0 Å². The Balaban J connectivity index is 1.56. The number of benzene rings is 1. The highest BCUT2D eigenvalue weighted by Gasteiger charge is 2.21. The van der Waals surface area contributed by atoms with Gasteiger partial charge in [-0.1, -0.05) is 18.7 Å². The lowest BCUT2D eigenvalue weighted by atomic mass is 10.1. The fourth-order valence-electron chi connectivity index (χ4n) is 4.20. The standard InChI is InChI=1S/C24H25N7/c1-3-7-21(31-12-5-4-6-13-31)22-16(2)27-24(28-22)23-18-14-17(8-9-19(18)29-30-23)20-15-25-10-11-26-20/h3,7-11,14-15H,1,4-6,12-13H2,2H3,(H,27,28)(H,29,30)/b21-7+. The largest absolute Gasteiger partial charge is 0.370 e. The zero-order valence-corrected chi connectivity index (χ0v) is 17.6. The van der Waals surface area contributed by atoms with Crippen LogP contribution in [0.3, 0.4) is 0 Å². The smallest absolute Gasteiger partial charge is 0.159 e. The number of allylic oxidation sites excluding steroid dienone is 2. The number of piperidine rings is 1.